The summed E-state index contributed by atoms with van der Waals surface area (Å²) in [6, 6.07) is 11.9. The Labute approximate surface area is 116 Å². The molecule has 1 aromatic carbocycles. The van der Waals surface area contributed by atoms with Crippen molar-refractivity contribution in [2.45, 2.75) is 6.04 Å². The van der Waals surface area contributed by atoms with Crippen LogP contribution >= 0.6 is 0 Å². The summed E-state index contributed by atoms with van der Waals surface area (Å²) < 4.78 is 0. The molecule has 2 aliphatic rings. The standard InChI is InChI=1S/C15H14N.Ir/c1-2-7-13(8-3-1)15-14-9-5-4-6-12(14)10-11-16-15;/h1-7,9-12,14-16H;/q-1;. The van der Waals surface area contributed by atoms with Crippen LogP contribution in [0.25, 0.3) is 0 Å². The van der Waals surface area contributed by atoms with E-state index in [-0.39, 0.29) is 20.1 Å². The van der Waals surface area contributed by atoms with E-state index in [1.54, 1.807) is 0 Å². The Hall–Kier alpha value is -1.11. The molecule has 1 heterocycles. The molecule has 0 bridgehead atoms. The molecule has 17 heavy (non-hydrogen) atoms. The minimum absolute atomic E-state index is 0. The van der Waals surface area contributed by atoms with Crippen LogP contribution in [0.3, 0.4) is 0 Å². The first-order valence-electron chi connectivity index (χ1n) is 5.69. The molecular formula is C15H14IrN-. The number of benzene rings is 1. The molecule has 3 atom stereocenters. The van der Waals surface area contributed by atoms with Crippen LogP contribution in [0.5, 0.6) is 0 Å². The molecule has 1 nitrogen and oxygen atoms in total. The SMILES string of the molecule is [Ir].[c-]1ccccc1C1NC=CC2C=CC=CC21. The van der Waals surface area contributed by atoms with Gasteiger partial charge in [-0.1, -0.05) is 30.4 Å². The summed E-state index contributed by atoms with van der Waals surface area (Å²) in [4.78, 5) is 0. The number of fused-ring (bicyclic) bond motifs is 1. The van der Waals surface area contributed by atoms with E-state index in [0.717, 1.165) is 0 Å². The van der Waals surface area contributed by atoms with Crippen molar-refractivity contribution in [1.29, 1.82) is 0 Å². The van der Waals surface area contributed by atoms with Gasteiger partial charge in [0.1, 0.15) is 0 Å². The molecule has 0 aromatic heterocycles. The Morgan fingerprint density at radius 2 is 1.94 bits per heavy atom. The molecule has 89 valence electrons. The van der Waals surface area contributed by atoms with Gasteiger partial charge in [0.15, 0.2) is 0 Å². The zero-order valence-corrected chi connectivity index (χ0v) is 11.7. The summed E-state index contributed by atoms with van der Waals surface area (Å²) in [6.07, 6.45) is 13.1. The van der Waals surface area contributed by atoms with Crippen molar-refractivity contribution in [2.75, 3.05) is 0 Å². The van der Waals surface area contributed by atoms with Crippen molar-refractivity contribution in [3.8, 4) is 0 Å². The first-order chi connectivity index (χ1) is 7.95. The molecule has 0 spiro atoms. The molecule has 1 N–H and O–H groups in total. The largest absolute Gasteiger partial charge is 0.386 e. The number of allylic oxidation sites excluding steroid dienone is 4. The molecular weight excluding hydrogens is 386 g/mol. The minimum Gasteiger partial charge on any atom is -0.386 e. The van der Waals surface area contributed by atoms with Gasteiger partial charge in [-0.2, -0.15) is 30.3 Å². The third kappa shape index (κ3) is 2.43. The third-order valence-corrected chi connectivity index (χ3v) is 3.27. The normalized spacial score (nSPS) is 29.1. The molecule has 0 saturated carbocycles. The molecule has 1 aliphatic heterocycles. The predicted molar refractivity (Wildman–Crippen MR) is 65.6 cm³/mol. The van der Waals surface area contributed by atoms with Gasteiger partial charge in [-0.15, -0.1) is 5.56 Å². The Balaban J connectivity index is 0.00000108. The van der Waals surface area contributed by atoms with Crippen LogP contribution in [0.4, 0.5) is 0 Å². The van der Waals surface area contributed by atoms with E-state index in [4.69, 9.17) is 0 Å². The number of rotatable bonds is 1. The average molecular weight is 401 g/mol. The molecule has 1 aliphatic carbocycles. The van der Waals surface area contributed by atoms with Gasteiger partial charge >= 0.3 is 0 Å². The molecule has 0 saturated heterocycles. The van der Waals surface area contributed by atoms with Crippen molar-refractivity contribution in [2.24, 2.45) is 11.8 Å². The van der Waals surface area contributed by atoms with Gasteiger partial charge in [0.05, 0.1) is 0 Å². The molecule has 3 rings (SSSR count). The molecule has 0 amide bonds. The average Bonchev–Trinajstić information content (AvgIpc) is 2.39. The second kappa shape index (κ2) is 5.48. The first kappa shape index (κ1) is 12.3. The minimum atomic E-state index is 0. The number of hydrogen-bond acceptors (Lipinski definition) is 1. The van der Waals surface area contributed by atoms with E-state index in [0.29, 0.717) is 17.9 Å². The van der Waals surface area contributed by atoms with E-state index < -0.39 is 0 Å². The maximum absolute atomic E-state index is 3.44. The van der Waals surface area contributed by atoms with Gasteiger partial charge < -0.3 is 5.32 Å². The molecule has 3 unspecified atom stereocenters. The van der Waals surface area contributed by atoms with Gasteiger partial charge in [-0.3, -0.25) is 0 Å². The van der Waals surface area contributed by atoms with Crippen molar-refractivity contribution in [3.05, 3.63) is 72.5 Å². The van der Waals surface area contributed by atoms with Crippen LogP contribution in [0, 0.1) is 17.9 Å². The van der Waals surface area contributed by atoms with Crippen molar-refractivity contribution in [3.63, 3.8) is 0 Å². The van der Waals surface area contributed by atoms with Crippen molar-refractivity contribution < 1.29 is 20.1 Å². The van der Waals surface area contributed by atoms with Crippen LogP contribution in [0.1, 0.15) is 11.6 Å². The smallest absolute Gasteiger partial charge is 0.0356 e. The Morgan fingerprint density at radius 3 is 2.76 bits per heavy atom. The third-order valence-electron chi connectivity index (χ3n) is 3.27. The van der Waals surface area contributed by atoms with Gasteiger partial charge in [0, 0.05) is 38.0 Å². The van der Waals surface area contributed by atoms with E-state index in [2.05, 4.69) is 60.1 Å². The predicted octanol–water partition coefficient (Wildman–Crippen LogP) is 3.00. The molecule has 1 radical (unpaired) electrons. The van der Waals surface area contributed by atoms with Gasteiger partial charge in [0.2, 0.25) is 0 Å². The summed E-state index contributed by atoms with van der Waals surface area (Å²) in [7, 11) is 0. The Morgan fingerprint density at radius 1 is 1.06 bits per heavy atom. The van der Waals surface area contributed by atoms with E-state index >= 15 is 0 Å². The monoisotopic (exact) mass is 401 g/mol. The van der Waals surface area contributed by atoms with Crippen LogP contribution in [0.2, 0.25) is 0 Å². The second-order valence-electron chi connectivity index (χ2n) is 4.25. The fourth-order valence-corrected chi connectivity index (χ4v) is 2.45. The fraction of sp³-hybridized carbons (Fsp3) is 0.200. The summed E-state index contributed by atoms with van der Waals surface area (Å²) in [5, 5.41) is 3.44. The first-order valence-corrected chi connectivity index (χ1v) is 5.69. The van der Waals surface area contributed by atoms with E-state index in [1.165, 1.54) is 5.56 Å². The van der Waals surface area contributed by atoms with Gasteiger partial charge in [0.25, 0.3) is 0 Å². The zero-order valence-electron chi connectivity index (χ0n) is 9.34. The number of hydrogen-bond donors (Lipinski definition) is 1. The van der Waals surface area contributed by atoms with Crippen LogP contribution in [-0.4, -0.2) is 0 Å². The summed E-state index contributed by atoms with van der Waals surface area (Å²) >= 11 is 0. The Kier molecular flexibility index (Phi) is 3.98. The second-order valence-corrected chi connectivity index (χ2v) is 4.25. The van der Waals surface area contributed by atoms with Gasteiger partial charge in [-0.05, 0) is 6.20 Å². The topological polar surface area (TPSA) is 12.0 Å². The van der Waals surface area contributed by atoms with Crippen LogP contribution in [-0.2, 0) is 20.1 Å². The van der Waals surface area contributed by atoms with Crippen molar-refractivity contribution in [1.82, 2.24) is 5.32 Å². The van der Waals surface area contributed by atoms with Gasteiger partial charge in [-0.25, -0.2) is 0 Å². The maximum atomic E-state index is 3.44. The van der Waals surface area contributed by atoms with Crippen LogP contribution < -0.4 is 5.32 Å². The fourth-order valence-electron chi connectivity index (χ4n) is 2.45. The summed E-state index contributed by atoms with van der Waals surface area (Å²) in [5.41, 5.74) is 1.24. The van der Waals surface area contributed by atoms with Crippen LogP contribution in [0.15, 0.2) is 60.8 Å². The summed E-state index contributed by atoms with van der Waals surface area (Å²) in [6.45, 7) is 0. The van der Waals surface area contributed by atoms with E-state index in [1.807, 2.05) is 12.1 Å². The molecule has 0 fully saturated rings. The maximum Gasteiger partial charge on any atom is 0.0356 e. The zero-order chi connectivity index (χ0) is 10.8. The molecule has 1 aromatic rings. The van der Waals surface area contributed by atoms with Crippen molar-refractivity contribution >= 4 is 0 Å². The Bertz CT molecular complexity index is 447. The summed E-state index contributed by atoms with van der Waals surface area (Å²) in [5.74, 6) is 1.03. The quantitative estimate of drug-likeness (QED) is 0.715. The molecule has 2 heteroatoms. The number of nitrogens with one attached hydrogen (secondary N) is 1. The van der Waals surface area contributed by atoms with E-state index in [9.17, 15) is 0 Å².